The zero-order valence-electron chi connectivity index (χ0n) is 15.8. The van der Waals surface area contributed by atoms with Crippen LogP contribution in [0.2, 0.25) is 0 Å². The second-order valence-corrected chi connectivity index (χ2v) is 5.67. The third kappa shape index (κ3) is 5.34. The maximum atomic E-state index is 11.6. The summed E-state index contributed by atoms with van der Waals surface area (Å²) in [5.74, 6) is 2.64. The van der Waals surface area contributed by atoms with E-state index in [0.717, 1.165) is 18.1 Å². The smallest absolute Gasteiger partial charge is 0.239 e. The molecule has 0 bridgehead atoms. The number of carbonyl (C=O) groups excluding carboxylic acids is 1. The summed E-state index contributed by atoms with van der Waals surface area (Å²) in [6.45, 7) is 8.39. The van der Waals surface area contributed by atoms with Crippen molar-refractivity contribution in [1.29, 1.82) is 0 Å². The maximum absolute atomic E-state index is 11.6. The molecule has 0 fully saturated rings. The number of benzene rings is 1. The van der Waals surface area contributed by atoms with Crippen molar-refractivity contribution in [2.24, 2.45) is 0 Å². The van der Waals surface area contributed by atoms with E-state index in [-0.39, 0.29) is 5.91 Å². The molecule has 0 saturated heterocycles. The van der Waals surface area contributed by atoms with E-state index in [1.807, 2.05) is 38.1 Å². The van der Waals surface area contributed by atoms with Crippen molar-refractivity contribution in [2.75, 3.05) is 38.2 Å². The zero-order chi connectivity index (χ0) is 18.9. The standard InChI is InChI=1S/C19H26N4O3/c1-5-22(15(3)24)11-12-23(6-2)18-13-20-14-19(21-18)26-17-9-7-16(25-4)8-10-17/h7-10,13-14H,5-6,11-12H2,1-4H3. The number of methoxy groups -OCH3 is 1. The van der Waals surface area contributed by atoms with Gasteiger partial charge in [-0.05, 0) is 38.1 Å². The van der Waals surface area contributed by atoms with Gasteiger partial charge in [0.05, 0.1) is 19.5 Å². The van der Waals surface area contributed by atoms with E-state index in [9.17, 15) is 4.79 Å². The van der Waals surface area contributed by atoms with Crippen LogP contribution in [0.1, 0.15) is 20.8 Å². The molecule has 1 aromatic heterocycles. The number of hydrogen-bond donors (Lipinski definition) is 0. The highest BCUT2D eigenvalue weighted by molar-refractivity contribution is 5.73. The molecule has 0 N–H and O–H groups in total. The summed E-state index contributed by atoms with van der Waals surface area (Å²) in [6.07, 6.45) is 3.28. The molecule has 0 aliphatic heterocycles. The lowest BCUT2D eigenvalue weighted by Gasteiger charge is -2.26. The van der Waals surface area contributed by atoms with Crippen LogP contribution in [0.25, 0.3) is 0 Å². The second kappa shape index (κ2) is 9.60. The van der Waals surface area contributed by atoms with Gasteiger partial charge in [0.1, 0.15) is 11.5 Å². The molecule has 0 spiro atoms. The van der Waals surface area contributed by atoms with Crippen molar-refractivity contribution in [3.63, 3.8) is 0 Å². The number of aromatic nitrogens is 2. The molecule has 26 heavy (non-hydrogen) atoms. The van der Waals surface area contributed by atoms with E-state index < -0.39 is 0 Å². The molecule has 1 aromatic carbocycles. The first-order valence-electron chi connectivity index (χ1n) is 8.71. The van der Waals surface area contributed by atoms with Crippen LogP contribution in [0, 0.1) is 0 Å². The number of ether oxygens (including phenoxy) is 2. The SMILES string of the molecule is CCN(CCN(CC)c1cncc(Oc2ccc(OC)cc2)n1)C(C)=O. The molecular weight excluding hydrogens is 332 g/mol. The van der Waals surface area contributed by atoms with E-state index in [0.29, 0.717) is 31.3 Å². The highest BCUT2D eigenvalue weighted by Crippen LogP contribution is 2.23. The van der Waals surface area contributed by atoms with Crippen molar-refractivity contribution in [3.05, 3.63) is 36.7 Å². The largest absolute Gasteiger partial charge is 0.497 e. The van der Waals surface area contributed by atoms with Crippen LogP contribution in [0.15, 0.2) is 36.7 Å². The molecule has 0 atom stereocenters. The number of amides is 1. The molecule has 140 valence electrons. The summed E-state index contributed by atoms with van der Waals surface area (Å²) < 4.78 is 10.9. The fourth-order valence-corrected chi connectivity index (χ4v) is 2.52. The molecule has 2 rings (SSSR count). The Hall–Kier alpha value is -2.83. The van der Waals surface area contributed by atoms with Gasteiger partial charge in [-0.15, -0.1) is 0 Å². The third-order valence-corrected chi connectivity index (χ3v) is 4.05. The van der Waals surface area contributed by atoms with Crippen LogP contribution in [0.3, 0.4) is 0 Å². The highest BCUT2D eigenvalue weighted by atomic mass is 16.5. The van der Waals surface area contributed by atoms with Gasteiger partial charge in [-0.1, -0.05) is 0 Å². The van der Waals surface area contributed by atoms with Gasteiger partial charge in [-0.2, -0.15) is 4.98 Å². The van der Waals surface area contributed by atoms with Crippen LogP contribution in [-0.4, -0.2) is 54.1 Å². The Balaban J connectivity index is 2.06. The first kappa shape index (κ1) is 19.5. The summed E-state index contributed by atoms with van der Waals surface area (Å²) in [5.41, 5.74) is 0. The van der Waals surface area contributed by atoms with E-state index >= 15 is 0 Å². The van der Waals surface area contributed by atoms with Crippen LogP contribution >= 0.6 is 0 Å². The predicted octanol–water partition coefficient (Wildman–Crippen LogP) is 2.97. The van der Waals surface area contributed by atoms with Gasteiger partial charge in [-0.3, -0.25) is 9.78 Å². The van der Waals surface area contributed by atoms with Crippen LogP contribution < -0.4 is 14.4 Å². The Morgan fingerprint density at radius 2 is 1.73 bits per heavy atom. The van der Waals surface area contributed by atoms with Gasteiger partial charge in [-0.25, -0.2) is 0 Å². The topological polar surface area (TPSA) is 67.8 Å². The average Bonchev–Trinajstić information content (AvgIpc) is 2.66. The number of carbonyl (C=O) groups is 1. The quantitative estimate of drug-likeness (QED) is 0.686. The molecule has 1 amide bonds. The van der Waals surface area contributed by atoms with Gasteiger partial charge in [0.25, 0.3) is 0 Å². The van der Waals surface area contributed by atoms with Gasteiger partial charge < -0.3 is 19.3 Å². The Morgan fingerprint density at radius 1 is 1.04 bits per heavy atom. The molecule has 2 aromatic rings. The van der Waals surface area contributed by atoms with Gasteiger partial charge in [0.2, 0.25) is 11.8 Å². The van der Waals surface area contributed by atoms with E-state index in [2.05, 4.69) is 14.9 Å². The molecule has 0 saturated carbocycles. The van der Waals surface area contributed by atoms with Crippen molar-refractivity contribution in [3.8, 4) is 17.4 Å². The lowest BCUT2D eigenvalue weighted by atomic mass is 10.3. The van der Waals surface area contributed by atoms with Crippen LogP contribution in [-0.2, 0) is 4.79 Å². The predicted molar refractivity (Wildman–Crippen MR) is 101 cm³/mol. The van der Waals surface area contributed by atoms with E-state index in [4.69, 9.17) is 9.47 Å². The minimum atomic E-state index is 0.0752. The molecular formula is C19H26N4O3. The Kier molecular flexibility index (Phi) is 7.20. The fraction of sp³-hybridized carbons (Fsp3) is 0.421. The minimum Gasteiger partial charge on any atom is -0.497 e. The highest BCUT2D eigenvalue weighted by Gasteiger charge is 2.12. The minimum absolute atomic E-state index is 0.0752. The Morgan fingerprint density at radius 3 is 2.31 bits per heavy atom. The fourth-order valence-electron chi connectivity index (χ4n) is 2.52. The second-order valence-electron chi connectivity index (χ2n) is 5.67. The first-order valence-corrected chi connectivity index (χ1v) is 8.71. The number of rotatable bonds is 9. The lowest BCUT2D eigenvalue weighted by molar-refractivity contribution is -0.128. The average molecular weight is 358 g/mol. The van der Waals surface area contributed by atoms with E-state index in [1.165, 1.54) is 0 Å². The molecule has 7 nitrogen and oxygen atoms in total. The summed E-state index contributed by atoms with van der Waals surface area (Å²) in [6, 6.07) is 7.28. The van der Waals surface area contributed by atoms with Crippen LogP contribution in [0.5, 0.6) is 17.4 Å². The van der Waals surface area contributed by atoms with Gasteiger partial charge >= 0.3 is 0 Å². The monoisotopic (exact) mass is 358 g/mol. The van der Waals surface area contributed by atoms with Crippen molar-refractivity contribution >= 4 is 11.7 Å². The van der Waals surface area contributed by atoms with E-state index in [1.54, 1.807) is 31.3 Å². The third-order valence-electron chi connectivity index (χ3n) is 4.05. The van der Waals surface area contributed by atoms with Crippen LogP contribution in [0.4, 0.5) is 5.82 Å². The summed E-state index contributed by atoms with van der Waals surface area (Å²) in [5, 5.41) is 0. The summed E-state index contributed by atoms with van der Waals surface area (Å²) in [4.78, 5) is 24.2. The number of anilines is 1. The number of hydrogen-bond acceptors (Lipinski definition) is 6. The van der Waals surface area contributed by atoms with Crippen molar-refractivity contribution < 1.29 is 14.3 Å². The normalized spacial score (nSPS) is 10.3. The molecule has 0 aliphatic rings. The number of likely N-dealkylation sites (N-methyl/N-ethyl adjacent to an activating group) is 2. The zero-order valence-corrected chi connectivity index (χ0v) is 15.8. The molecule has 7 heteroatoms. The van der Waals surface area contributed by atoms with Crippen molar-refractivity contribution in [2.45, 2.75) is 20.8 Å². The Bertz CT molecular complexity index is 706. The van der Waals surface area contributed by atoms with Gasteiger partial charge in [0.15, 0.2) is 5.82 Å². The molecule has 0 unspecified atom stereocenters. The first-order chi connectivity index (χ1) is 12.6. The maximum Gasteiger partial charge on any atom is 0.239 e. The number of nitrogens with zero attached hydrogens (tertiary/aromatic N) is 4. The van der Waals surface area contributed by atoms with Crippen molar-refractivity contribution in [1.82, 2.24) is 14.9 Å². The van der Waals surface area contributed by atoms with Gasteiger partial charge in [0, 0.05) is 33.1 Å². The lowest BCUT2D eigenvalue weighted by Crippen LogP contribution is -2.37. The molecule has 0 aliphatic carbocycles. The summed E-state index contributed by atoms with van der Waals surface area (Å²) >= 11 is 0. The summed E-state index contributed by atoms with van der Waals surface area (Å²) in [7, 11) is 1.62. The molecule has 1 heterocycles. The molecule has 0 radical (unpaired) electrons. The Labute approximate surface area is 154 Å².